The van der Waals surface area contributed by atoms with Crippen LogP contribution in [0.25, 0.3) is 0 Å². The number of nitrogens with zero attached hydrogens (tertiary/aromatic N) is 5. The normalized spacial score (nSPS) is 29.7. The van der Waals surface area contributed by atoms with Gasteiger partial charge in [0.2, 0.25) is 0 Å². The van der Waals surface area contributed by atoms with E-state index in [4.69, 9.17) is 4.74 Å². The molecule has 112 valence electrons. The molecule has 4 heterocycles. The quantitative estimate of drug-likeness (QED) is 0.851. The highest BCUT2D eigenvalue weighted by molar-refractivity contribution is 5.07. The molecule has 2 aliphatic heterocycles. The number of aryl methyl sites for hydroxylation is 1. The van der Waals surface area contributed by atoms with Crippen LogP contribution in [0.5, 0.6) is 0 Å². The lowest BCUT2D eigenvalue weighted by atomic mass is 10.0. The van der Waals surface area contributed by atoms with Crippen molar-refractivity contribution in [2.75, 3.05) is 13.2 Å². The Bertz CT molecular complexity index is 593. The molecule has 3 atom stereocenters. The molecule has 0 bridgehead atoms. The van der Waals surface area contributed by atoms with Crippen molar-refractivity contribution in [3.05, 3.63) is 36.4 Å². The maximum atomic E-state index is 6.09. The highest BCUT2D eigenvalue weighted by atomic mass is 16.5. The van der Waals surface area contributed by atoms with E-state index in [-0.39, 0.29) is 6.10 Å². The van der Waals surface area contributed by atoms with Crippen molar-refractivity contribution in [3.63, 3.8) is 0 Å². The maximum absolute atomic E-state index is 6.09. The molecule has 0 amide bonds. The third-order valence-corrected chi connectivity index (χ3v) is 4.61. The molecule has 2 saturated heterocycles. The molecule has 6 heteroatoms. The first-order valence-electron chi connectivity index (χ1n) is 7.63. The average molecular weight is 287 g/mol. The van der Waals surface area contributed by atoms with Gasteiger partial charge in [-0.25, -0.2) is 0 Å². The lowest BCUT2D eigenvalue weighted by Gasteiger charge is -2.32. The van der Waals surface area contributed by atoms with Gasteiger partial charge in [0, 0.05) is 56.9 Å². The zero-order valence-electron chi connectivity index (χ0n) is 12.3. The highest BCUT2D eigenvalue weighted by Gasteiger charge is 2.45. The number of rotatable bonds is 3. The second-order valence-corrected chi connectivity index (χ2v) is 6.05. The van der Waals surface area contributed by atoms with Crippen LogP contribution in [-0.4, -0.2) is 49.8 Å². The Morgan fingerprint density at radius 2 is 2.29 bits per heavy atom. The molecule has 0 saturated carbocycles. The molecular weight excluding hydrogens is 266 g/mol. The number of fused-ring (bicyclic) bond motifs is 1. The van der Waals surface area contributed by atoms with E-state index in [2.05, 4.69) is 26.0 Å². The SMILES string of the molecule is Cn1cc(CN2C[C@@H](n3cccn3)[C@H]3OCCC[C@H]32)cn1. The van der Waals surface area contributed by atoms with Gasteiger partial charge in [0.25, 0.3) is 0 Å². The first-order chi connectivity index (χ1) is 10.3. The summed E-state index contributed by atoms with van der Waals surface area (Å²) in [5, 5.41) is 8.70. The summed E-state index contributed by atoms with van der Waals surface area (Å²) in [4.78, 5) is 2.53. The van der Waals surface area contributed by atoms with Crippen molar-refractivity contribution in [3.8, 4) is 0 Å². The van der Waals surface area contributed by atoms with Crippen LogP contribution in [0.15, 0.2) is 30.9 Å². The second kappa shape index (κ2) is 5.27. The van der Waals surface area contributed by atoms with Gasteiger partial charge in [-0.3, -0.25) is 14.3 Å². The van der Waals surface area contributed by atoms with Gasteiger partial charge in [-0.15, -0.1) is 0 Å². The van der Waals surface area contributed by atoms with Crippen molar-refractivity contribution in [1.82, 2.24) is 24.5 Å². The van der Waals surface area contributed by atoms with Crippen LogP contribution in [0.4, 0.5) is 0 Å². The molecular formula is C15H21N5O. The van der Waals surface area contributed by atoms with E-state index in [1.807, 2.05) is 36.4 Å². The minimum atomic E-state index is 0.260. The Labute approximate surface area is 124 Å². The molecule has 2 fully saturated rings. The average Bonchev–Trinajstić information content (AvgIpc) is 3.20. The van der Waals surface area contributed by atoms with Crippen LogP contribution in [0, 0.1) is 0 Å². The standard InChI is InChI=1S/C15H21N5O/c1-18-9-12(8-17-18)10-19-11-14(20-6-3-5-16-20)15-13(19)4-2-7-21-15/h3,5-6,8-9,13-15H,2,4,7,10-11H2,1H3/t13-,14-,15+/m1/s1. The van der Waals surface area contributed by atoms with Crippen molar-refractivity contribution < 1.29 is 4.74 Å². The van der Waals surface area contributed by atoms with E-state index in [1.165, 1.54) is 12.0 Å². The Kier molecular flexibility index (Phi) is 3.27. The number of hydrogen-bond donors (Lipinski definition) is 0. The van der Waals surface area contributed by atoms with Gasteiger partial charge in [0.15, 0.2) is 0 Å². The summed E-state index contributed by atoms with van der Waals surface area (Å²) in [5.41, 5.74) is 1.27. The molecule has 0 aliphatic carbocycles. The molecule has 0 unspecified atom stereocenters. The second-order valence-electron chi connectivity index (χ2n) is 6.05. The van der Waals surface area contributed by atoms with Crippen molar-refractivity contribution >= 4 is 0 Å². The lowest BCUT2D eigenvalue weighted by Crippen LogP contribution is -2.40. The Balaban J connectivity index is 1.56. The van der Waals surface area contributed by atoms with Crippen LogP contribution in [0.3, 0.4) is 0 Å². The predicted octanol–water partition coefficient (Wildman–Crippen LogP) is 1.22. The van der Waals surface area contributed by atoms with Gasteiger partial charge in [-0.1, -0.05) is 0 Å². The van der Waals surface area contributed by atoms with Crippen molar-refractivity contribution in [2.24, 2.45) is 7.05 Å². The minimum Gasteiger partial charge on any atom is -0.374 e. The van der Waals surface area contributed by atoms with E-state index in [0.717, 1.165) is 26.1 Å². The summed E-state index contributed by atoms with van der Waals surface area (Å²) < 4.78 is 10.0. The zero-order chi connectivity index (χ0) is 14.2. The highest BCUT2D eigenvalue weighted by Crippen LogP contribution is 2.36. The molecule has 0 spiro atoms. The molecule has 2 aliphatic rings. The number of likely N-dealkylation sites (tertiary alicyclic amines) is 1. The summed E-state index contributed by atoms with van der Waals surface area (Å²) in [5.74, 6) is 0. The van der Waals surface area contributed by atoms with Gasteiger partial charge < -0.3 is 4.74 Å². The molecule has 4 rings (SSSR count). The first kappa shape index (κ1) is 13.0. The van der Waals surface area contributed by atoms with Crippen LogP contribution in [0.2, 0.25) is 0 Å². The summed E-state index contributed by atoms with van der Waals surface area (Å²) >= 11 is 0. The van der Waals surface area contributed by atoms with Crippen LogP contribution in [-0.2, 0) is 18.3 Å². The van der Waals surface area contributed by atoms with E-state index in [9.17, 15) is 0 Å². The third kappa shape index (κ3) is 2.38. The van der Waals surface area contributed by atoms with E-state index >= 15 is 0 Å². The Morgan fingerprint density at radius 1 is 1.33 bits per heavy atom. The van der Waals surface area contributed by atoms with Crippen LogP contribution >= 0.6 is 0 Å². The maximum Gasteiger partial charge on any atom is 0.0966 e. The van der Waals surface area contributed by atoms with E-state index in [0.29, 0.717) is 12.1 Å². The molecule has 21 heavy (non-hydrogen) atoms. The molecule has 2 aromatic rings. The summed E-state index contributed by atoms with van der Waals surface area (Å²) in [6.07, 6.45) is 10.6. The topological polar surface area (TPSA) is 48.1 Å². The molecule has 6 nitrogen and oxygen atoms in total. The van der Waals surface area contributed by atoms with Gasteiger partial charge in [0.05, 0.1) is 18.3 Å². The lowest BCUT2D eigenvalue weighted by molar-refractivity contribution is -0.0281. The van der Waals surface area contributed by atoms with E-state index in [1.54, 1.807) is 0 Å². The molecule has 0 N–H and O–H groups in total. The van der Waals surface area contributed by atoms with Gasteiger partial charge in [-0.2, -0.15) is 10.2 Å². The monoisotopic (exact) mass is 287 g/mol. The fourth-order valence-electron chi connectivity index (χ4n) is 3.71. The van der Waals surface area contributed by atoms with Gasteiger partial charge in [-0.05, 0) is 18.9 Å². The van der Waals surface area contributed by atoms with Crippen molar-refractivity contribution in [1.29, 1.82) is 0 Å². The van der Waals surface area contributed by atoms with Crippen molar-refractivity contribution in [2.45, 2.75) is 37.6 Å². The van der Waals surface area contributed by atoms with Gasteiger partial charge >= 0.3 is 0 Å². The summed E-state index contributed by atoms with van der Waals surface area (Å²) in [7, 11) is 1.96. The van der Waals surface area contributed by atoms with E-state index < -0.39 is 0 Å². The zero-order valence-corrected chi connectivity index (χ0v) is 12.3. The van der Waals surface area contributed by atoms with Gasteiger partial charge in [0.1, 0.15) is 0 Å². The number of hydrogen-bond acceptors (Lipinski definition) is 4. The molecule has 0 aromatic carbocycles. The largest absolute Gasteiger partial charge is 0.374 e. The molecule has 0 radical (unpaired) electrons. The minimum absolute atomic E-state index is 0.260. The fraction of sp³-hybridized carbons (Fsp3) is 0.600. The fourth-order valence-corrected chi connectivity index (χ4v) is 3.71. The van der Waals surface area contributed by atoms with Crippen LogP contribution in [0.1, 0.15) is 24.4 Å². The third-order valence-electron chi connectivity index (χ3n) is 4.61. The predicted molar refractivity (Wildman–Crippen MR) is 77.6 cm³/mol. The number of ether oxygens (including phenoxy) is 1. The summed E-state index contributed by atoms with van der Waals surface area (Å²) in [6.45, 7) is 2.81. The Hall–Kier alpha value is -1.66. The number of aromatic nitrogens is 4. The van der Waals surface area contributed by atoms with Crippen LogP contribution < -0.4 is 0 Å². The smallest absolute Gasteiger partial charge is 0.0966 e. The first-order valence-corrected chi connectivity index (χ1v) is 7.63. The molecule has 2 aromatic heterocycles. The Morgan fingerprint density at radius 3 is 3.05 bits per heavy atom. The summed E-state index contributed by atoms with van der Waals surface area (Å²) in [6, 6.07) is 2.80.